The summed E-state index contributed by atoms with van der Waals surface area (Å²) in [4.78, 5) is 10.9. The standard InChI is InChI=1S/C10H13F2NO/c1-8(14)6-9(7-13)2-4-10(11,12)5-3-9/h2-6H2,1H3. The van der Waals surface area contributed by atoms with Crippen LogP contribution >= 0.6 is 0 Å². The van der Waals surface area contributed by atoms with Gasteiger partial charge in [-0.15, -0.1) is 0 Å². The first kappa shape index (κ1) is 11.1. The second-order valence-electron chi connectivity index (χ2n) is 4.13. The number of nitriles is 1. The van der Waals surface area contributed by atoms with Crippen LogP contribution in [0.4, 0.5) is 8.78 Å². The molecule has 0 aromatic carbocycles. The molecular weight excluding hydrogens is 188 g/mol. The van der Waals surface area contributed by atoms with Crippen LogP contribution in [0.15, 0.2) is 0 Å². The van der Waals surface area contributed by atoms with Crippen molar-refractivity contribution in [3.8, 4) is 6.07 Å². The molecule has 0 bridgehead atoms. The minimum absolute atomic E-state index is 0.100. The predicted octanol–water partition coefficient (Wildman–Crippen LogP) is 2.68. The number of halogens is 2. The van der Waals surface area contributed by atoms with Crippen molar-refractivity contribution in [2.24, 2.45) is 5.41 Å². The Hall–Kier alpha value is -0.980. The largest absolute Gasteiger partial charge is 0.300 e. The second kappa shape index (κ2) is 3.64. The summed E-state index contributed by atoms with van der Waals surface area (Å²) in [5.74, 6) is -2.74. The molecular formula is C10H13F2NO. The van der Waals surface area contributed by atoms with Crippen molar-refractivity contribution in [1.82, 2.24) is 0 Å². The van der Waals surface area contributed by atoms with Gasteiger partial charge in [0.25, 0.3) is 0 Å². The molecule has 0 aliphatic heterocycles. The monoisotopic (exact) mass is 201 g/mol. The van der Waals surface area contributed by atoms with Gasteiger partial charge in [-0.3, -0.25) is 4.79 Å². The van der Waals surface area contributed by atoms with Crippen LogP contribution in [-0.4, -0.2) is 11.7 Å². The Morgan fingerprint density at radius 1 is 1.36 bits per heavy atom. The van der Waals surface area contributed by atoms with Gasteiger partial charge >= 0.3 is 0 Å². The molecule has 4 heteroatoms. The summed E-state index contributed by atoms with van der Waals surface area (Å²) < 4.78 is 25.7. The molecule has 0 unspecified atom stereocenters. The smallest absolute Gasteiger partial charge is 0.248 e. The van der Waals surface area contributed by atoms with E-state index in [2.05, 4.69) is 0 Å². The van der Waals surface area contributed by atoms with Gasteiger partial charge in [0.2, 0.25) is 5.92 Å². The first-order chi connectivity index (χ1) is 6.39. The number of ketones is 1. The number of hydrogen-bond donors (Lipinski definition) is 0. The maximum absolute atomic E-state index is 12.8. The van der Waals surface area contributed by atoms with Gasteiger partial charge < -0.3 is 0 Å². The molecule has 14 heavy (non-hydrogen) atoms. The highest BCUT2D eigenvalue weighted by Gasteiger charge is 2.44. The number of carbonyl (C=O) groups is 1. The summed E-state index contributed by atoms with van der Waals surface area (Å²) in [5.41, 5.74) is -0.826. The second-order valence-corrected chi connectivity index (χ2v) is 4.13. The fourth-order valence-electron chi connectivity index (χ4n) is 1.90. The van der Waals surface area contributed by atoms with E-state index in [4.69, 9.17) is 5.26 Å². The molecule has 1 fully saturated rings. The van der Waals surface area contributed by atoms with Gasteiger partial charge in [0.1, 0.15) is 5.78 Å². The van der Waals surface area contributed by atoms with E-state index >= 15 is 0 Å². The van der Waals surface area contributed by atoms with Gasteiger partial charge in [0, 0.05) is 19.3 Å². The lowest BCUT2D eigenvalue weighted by molar-refractivity contribution is -0.120. The Bertz CT molecular complexity index is 270. The van der Waals surface area contributed by atoms with Crippen LogP contribution < -0.4 is 0 Å². The molecule has 0 aromatic rings. The number of Topliss-reactive ketones (excluding diaryl/α,β-unsaturated/α-hetero) is 1. The summed E-state index contributed by atoms with van der Waals surface area (Å²) in [6.45, 7) is 1.39. The molecule has 1 rings (SSSR count). The summed E-state index contributed by atoms with van der Waals surface area (Å²) in [6.07, 6.45) is -0.159. The molecule has 1 aliphatic rings. The fraction of sp³-hybridized carbons (Fsp3) is 0.800. The van der Waals surface area contributed by atoms with Crippen molar-refractivity contribution in [3.05, 3.63) is 0 Å². The number of carbonyl (C=O) groups excluding carboxylic acids is 1. The van der Waals surface area contributed by atoms with E-state index in [1.165, 1.54) is 6.92 Å². The highest BCUT2D eigenvalue weighted by Crippen LogP contribution is 2.45. The van der Waals surface area contributed by atoms with Gasteiger partial charge in [-0.25, -0.2) is 8.78 Å². The number of hydrogen-bond acceptors (Lipinski definition) is 2. The molecule has 0 amide bonds. The normalized spacial score (nSPS) is 23.9. The molecule has 78 valence electrons. The van der Waals surface area contributed by atoms with Crippen LogP contribution in [-0.2, 0) is 4.79 Å². The maximum atomic E-state index is 12.8. The van der Waals surface area contributed by atoms with E-state index < -0.39 is 11.3 Å². The van der Waals surface area contributed by atoms with E-state index in [0.29, 0.717) is 0 Å². The lowest BCUT2D eigenvalue weighted by Crippen LogP contribution is -2.33. The van der Waals surface area contributed by atoms with Gasteiger partial charge in [0.05, 0.1) is 11.5 Å². The number of alkyl halides is 2. The van der Waals surface area contributed by atoms with Gasteiger partial charge in [-0.1, -0.05) is 0 Å². The highest BCUT2D eigenvalue weighted by atomic mass is 19.3. The summed E-state index contributed by atoms with van der Waals surface area (Å²) >= 11 is 0. The molecule has 1 saturated carbocycles. The SMILES string of the molecule is CC(=O)CC1(C#N)CCC(F)(F)CC1. The van der Waals surface area contributed by atoms with E-state index in [1.54, 1.807) is 0 Å². The van der Waals surface area contributed by atoms with Crippen molar-refractivity contribution < 1.29 is 13.6 Å². The third kappa shape index (κ3) is 2.50. The lowest BCUT2D eigenvalue weighted by atomic mass is 9.71. The minimum atomic E-state index is -2.64. The average Bonchev–Trinajstić information content (AvgIpc) is 2.09. The van der Waals surface area contributed by atoms with Crippen LogP contribution in [0.3, 0.4) is 0 Å². The van der Waals surface area contributed by atoms with Crippen LogP contribution in [0, 0.1) is 16.7 Å². The topological polar surface area (TPSA) is 40.9 Å². The molecule has 2 nitrogen and oxygen atoms in total. The van der Waals surface area contributed by atoms with Crippen molar-refractivity contribution in [3.63, 3.8) is 0 Å². The molecule has 0 N–H and O–H groups in total. The lowest BCUT2D eigenvalue weighted by Gasteiger charge is -2.34. The van der Waals surface area contributed by atoms with Gasteiger partial charge in [-0.05, 0) is 19.8 Å². The zero-order valence-corrected chi connectivity index (χ0v) is 8.15. The molecule has 0 spiro atoms. The predicted molar refractivity (Wildman–Crippen MR) is 46.8 cm³/mol. The Labute approximate surface area is 81.9 Å². The van der Waals surface area contributed by atoms with E-state index in [9.17, 15) is 13.6 Å². The van der Waals surface area contributed by atoms with Crippen LogP contribution in [0.25, 0.3) is 0 Å². The van der Waals surface area contributed by atoms with Crippen LogP contribution in [0.2, 0.25) is 0 Å². The van der Waals surface area contributed by atoms with E-state index in [1.807, 2.05) is 6.07 Å². The third-order valence-corrected chi connectivity index (χ3v) is 2.76. The summed E-state index contributed by atoms with van der Waals surface area (Å²) in [5, 5.41) is 8.91. The maximum Gasteiger partial charge on any atom is 0.248 e. The quantitative estimate of drug-likeness (QED) is 0.689. The van der Waals surface area contributed by atoms with Crippen molar-refractivity contribution in [1.29, 1.82) is 5.26 Å². The Morgan fingerprint density at radius 2 is 1.86 bits per heavy atom. The van der Waals surface area contributed by atoms with E-state index in [-0.39, 0.29) is 37.9 Å². The summed E-state index contributed by atoms with van der Waals surface area (Å²) in [6, 6.07) is 2.03. The summed E-state index contributed by atoms with van der Waals surface area (Å²) in [7, 11) is 0. The van der Waals surface area contributed by atoms with Crippen LogP contribution in [0.1, 0.15) is 39.0 Å². The zero-order valence-electron chi connectivity index (χ0n) is 8.15. The fourth-order valence-corrected chi connectivity index (χ4v) is 1.90. The molecule has 1 aliphatic carbocycles. The first-order valence-electron chi connectivity index (χ1n) is 4.68. The number of rotatable bonds is 2. The van der Waals surface area contributed by atoms with Gasteiger partial charge in [0.15, 0.2) is 0 Å². The minimum Gasteiger partial charge on any atom is -0.300 e. The Kier molecular flexibility index (Phi) is 2.89. The molecule has 0 radical (unpaired) electrons. The molecule has 0 saturated heterocycles. The Morgan fingerprint density at radius 3 is 2.21 bits per heavy atom. The third-order valence-electron chi connectivity index (χ3n) is 2.76. The van der Waals surface area contributed by atoms with E-state index in [0.717, 1.165) is 0 Å². The van der Waals surface area contributed by atoms with Crippen molar-refractivity contribution >= 4 is 5.78 Å². The molecule has 0 heterocycles. The Balaban J connectivity index is 2.67. The average molecular weight is 201 g/mol. The van der Waals surface area contributed by atoms with Crippen molar-refractivity contribution in [2.75, 3.05) is 0 Å². The van der Waals surface area contributed by atoms with Crippen molar-refractivity contribution in [2.45, 2.75) is 45.0 Å². The van der Waals surface area contributed by atoms with Crippen LogP contribution in [0.5, 0.6) is 0 Å². The highest BCUT2D eigenvalue weighted by molar-refractivity contribution is 5.76. The molecule has 0 atom stereocenters. The van der Waals surface area contributed by atoms with Gasteiger partial charge in [-0.2, -0.15) is 5.26 Å². The number of nitrogens with zero attached hydrogens (tertiary/aromatic N) is 1. The first-order valence-corrected chi connectivity index (χ1v) is 4.68. The molecule has 0 aromatic heterocycles. The zero-order chi connectivity index (χ0) is 10.8.